The van der Waals surface area contributed by atoms with Crippen molar-refractivity contribution in [2.45, 2.75) is 42.9 Å². The summed E-state index contributed by atoms with van der Waals surface area (Å²) in [7, 11) is 0. The first-order valence-electron chi connectivity index (χ1n) is 13.8. The lowest BCUT2D eigenvalue weighted by molar-refractivity contribution is -0.124. The maximum absolute atomic E-state index is 14.1. The van der Waals surface area contributed by atoms with Gasteiger partial charge in [-0.1, -0.05) is 48.5 Å². The smallest absolute Gasteiger partial charge is 0.261 e. The lowest BCUT2D eigenvalue weighted by atomic mass is 9.70. The molecule has 220 valence electrons. The van der Waals surface area contributed by atoms with E-state index < -0.39 is 17.4 Å². The molecule has 0 radical (unpaired) electrons. The van der Waals surface area contributed by atoms with E-state index in [1.54, 1.807) is 42.5 Å². The van der Waals surface area contributed by atoms with Crippen LogP contribution < -0.4 is 32.6 Å². The molecular weight excluding hydrogens is 586 g/mol. The molecule has 4 atom stereocenters. The number of para-hydroxylation sites is 1. The number of Topliss-reactive ketones (excluding diaryl/α,β-unsaturated/α-hetero) is 1. The molecule has 3 aromatic carbocycles. The number of halogens is 1. The molecule has 2 unspecified atom stereocenters. The highest BCUT2D eigenvalue weighted by molar-refractivity contribution is 7.21. The highest BCUT2D eigenvalue weighted by Crippen LogP contribution is 2.50. The quantitative estimate of drug-likeness (QED) is 0.149. The molecule has 1 saturated carbocycles. The van der Waals surface area contributed by atoms with Crippen LogP contribution in [0.4, 0.5) is 5.69 Å². The van der Waals surface area contributed by atoms with E-state index in [0.29, 0.717) is 61.7 Å². The summed E-state index contributed by atoms with van der Waals surface area (Å²) in [6, 6.07) is 16.2. The van der Waals surface area contributed by atoms with Crippen LogP contribution in [0.2, 0.25) is 5.02 Å². The number of amides is 2. The fourth-order valence-electron chi connectivity index (χ4n) is 6.05. The summed E-state index contributed by atoms with van der Waals surface area (Å²) in [6.45, 7) is 3.48. The Morgan fingerprint density at radius 1 is 1.07 bits per heavy atom. The van der Waals surface area contributed by atoms with Gasteiger partial charge in [0.1, 0.15) is 17.0 Å². The third-order valence-corrected chi connectivity index (χ3v) is 9.73. The summed E-state index contributed by atoms with van der Waals surface area (Å²) in [5.41, 5.74) is 20.1. The zero-order valence-corrected chi connectivity index (χ0v) is 24.6. The number of hydrogen-bond donors (Lipinski definition) is 5. The summed E-state index contributed by atoms with van der Waals surface area (Å²) in [4.78, 5) is 39.7. The van der Waals surface area contributed by atoms with Crippen LogP contribution in [0.5, 0.6) is 11.5 Å². The van der Waals surface area contributed by atoms with Crippen LogP contribution >= 0.6 is 22.9 Å². The van der Waals surface area contributed by atoms with Crippen molar-refractivity contribution in [3.63, 3.8) is 0 Å². The number of anilines is 1. The number of thiophene rings is 1. The van der Waals surface area contributed by atoms with Crippen molar-refractivity contribution in [2.24, 2.45) is 11.5 Å². The largest absolute Gasteiger partial charge is 0.456 e. The molecule has 0 aliphatic heterocycles. The van der Waals surface area contributed by atoms with Gasteiger partial charge < -0.3 is 32.6 Å². The van der Waals surface area contributed by atoms with Crippen LogP contribution in [0, 0.1) is 0 Å². The molecule has 1 heterocycles. The molecule has 0 saturated heterocycles. The molecule has 0 bridgehead atoms. The van der Waals surface area contributed by atoms with E-state index in [9.17, 15) is 14.4 Å². The summed E-state index contributed by atoms with van der Waals surface area (Å²) < 4.78 is 6.54. The second-order valence-electron chi connectivity index (χ2n) is 10.9. The number of nitrogens with one attached hydrogen (secondary N) is 2. The van der Waals surface area contributed by atoms with Gasteiger partial charge in [0.05, 0.1) is 20.6 Å². The Kier molecular flexibility index (Phi) is 7.47. The lowest BCUT2D eigenvalue weighted by Crippen LogP contribution is -2.52. The Morgan fingerprint density at radius 3 is 2.49 bits per heavy atom. The summed E-state index contributed by atoms with van der Waals surface area (Å²) in [5, 5.41) is 6.82. The van der Waals surface area contributed by atoms with Gasteiger partial charge in [0.2, 0.25) is 5.91 Å². The summed E-state index contributed by atoms with van der Waals surface area (Å²) in [5.74, 6) is -0.0502. The topological polar surface area (TPSA) is 163 Å². The van der Waals surface area contributed by atoms with E-state index in [-0.39, 0.29) is 28.9 Å². The number of carbonyl (C=O) groups is 3. The number of rotatable bonds is 7. The van der Waals surface area contributed by atoms with Crippen molar-refractivity contribution in [1.82, 2.24) is 10.6 Å². The predicted molar refractivity (Wildman–Crippen MR) is 168 cm³/mol. The number of nitrogen functional groups attached to an aromatic ring is 1. The maximum atomic E-state index is 14.1. The van der Waals surface area contributed by atoms with Gasteiger partial charge >= 0.3 is 0 Å². The minimum atomic E-state index is -1.65. The number of carbonyl (C=O) groups excluding carboxylic acids is 3. The Morgan fingerprint density at radius 2 is 1.79 bits per heavy atom. The first kappa shape index (κ1) is 28.9. The van der Waals surface area contributed by atoms with Gasteiger partial charge in [0.25, 0.3) is 5.91 Å². The zero-order valence-electron chi connectivity index (χ0n) is 23.1. The van der Waals surface area contributed by atoms with Crippen molar-refractivity contribution >= 4 is 56.3 Å². The van der Waals surface area contributed by atoms with Gasteiger partial charge in [-0.15, -0.1) is 11.3 Å². The van der Waals surface area contributed by atoms with Gasteiger partial charge in [-0.25, -0.2) is 0 Å². The minimum Gasteiger partial charge on any atom is -0.456 e. The highest BCUT2D eigenvalue weighted by atomic mass is 35.5. The van der Waals surface area contributed by atoms with Crippen molar-refractivity contribution in [2.75, 3.05) is 5.73 Å². The monoisotopic (exact) mass is 615 g/mol. The number of benzene rings is 3. The Bertz CT molecular complexity index is 1790. The highest BCUT2D eigenvalue weighted by Gasteiger charge is 2.49. The van der Waals surface area contributed by atoms with Crippen LogP contribution in [0.15, 0.2) is 73.3 Å². The standard InChI is InChI=1S/C32H30ClN5O4S/c1-2-24(39)37-17-9-10-18(15-17)38-31(41)29-26-25-20(11-12-22(34)28(25)43-29)32(36,30(40)27(26)35)16-8-13-23(21(33)14-16)42-19-6-4-3-5-7-19/h2-8,11-14,17-18,27H,1,9-10,15,34-36H2,(H,37,39)(H,38,41)/t17-,18+,27?,32?/m1/s1. The second kappa shape index (κ2) is 11.1. The molecule has 11 heteroatoms. The van der Waals surface area contributed by atoms with Gasteiger partial charge in [0.15, 0.2) is 5.78 Å². The third-order valence-electron chi connectivity index (χ3n) is 8.18. The molecule has 2 amide bonds. The molecule has 4 aromatic rings. The molecule has 1 aromatic heterocycles. The van der Waals surface area contributed by atoms with Crippen LogP contribution in [-0.2, 0) is 15.1 Å². The van der Waals surface area contributed by atoms with E-state index >= 15 is 0 Å². The third kappa shape index (κ3) is 4.96. The maximum Gasteiger partial charge on any atom is 0.261 e. The first-order valence-corrected chi connectivity index (χ1v) is 15.0. The fraction of sp³-hybridized carbons (Fsp3) is 0.219. The molecule has 1 fully saturated rings. The Balaban J connectivity index is 1.36. The van der Waals surface area contributed by atoms with Crippen molar-refractivity contribution in [3.8, 4) is 11.5 Å². The molecule has 6 rings (SSSR count). The normalized spacial score (nSPS) is 22.8. The molecular formula is C32H30ClN5O4S. The minimum absolute atomic E-state index is 0.0585. The summed E-state index contributed by atoms with van der Waals surface area (Å²) >= 11 is 7.81. The van der Waals surface area contributed by atoms with Gasteiger partial charge in [-0.05, 0) is 66.8 Å². The van der Waals surface area contributed by atoms with Crippen molar-refractivity contribution < 1.29 is 19.1 Å². The van der Waals surface area contributed by atoms with E-state index in [2.05, 4.69) is 17.2 Å². The molecule has 2 aliphatic carbocycles. The number of ether oxygens (including phenoxy) is 1. The average Bonchev–Trinajstić information content (AvgIpc) is 3.62. The van der Waals surface area contributed by atoms with Crippen molar-refractivity contribution in [1.29, 1.82) is 0 Å². The Hall–Kier alpha value is -4.22. The number of ketones is 1. The molecule has 9 nitrogen and oxygen atoms in total. The van der Waals surface area contributed by atoms with Gasteiger partial charge in [-0.2, -0.15) is 0 Å². The number of hydrogen-bond acceptors (Lipinski definition) is 8. The molecule has 2 aliphatic rings. The van der Waals surface area contributed by atoms with E-state index in [0.717, 1.165) is 6.42 Å². The van der Waals surface area contributed by atoms with Crippen LogP contribution in [0.25, 0.3) is 10.1 Å². The molecule has 8 N–H and O–H groups in total. The Labute approximate surface area is 257 Å². The first-order chi connectivity index (χ1) is 20.6. The van der Waals surface area contributed by atoms with Crippen LogP contribution in [0.3, 0.4) is 0 Å². The lowest BCUT2D eigenvalue weighted by Gasteiger charge is -2.36. The van der Waals surface area contributed by atoms with E-state index in [1.165, 1.54) is 17.4 Å². The average molecular weight is 616 g/mol. The molecule has 0 spiro atoms. The second-order valence-corrected chi connectivity index (χ2v) is 12.3. The summed E-state index contributed by atoms with van der Waals surface area (Å²) in [6.07, 6.45) is 3.24. The van der Waals surface area contributed by atoms with Gasteiger partial charge in [-0.3, -0.25) is 14.4 Å². The SMILES string of the molecule is C=CC(=O)N[C@@H]1CC[C@H](NC(=O)c2sc3c(N)ccc4c3c2C(N)C(=O)C4(N)c2ccc(Oc3ccccc3)c(Cl)c2)C1. The van der Waals surface area contributed by atoms with E-state index in [4.69, 9.17) is 33.5 Å². The van der Waals surface area contributed by atoms with E-state index in [1.807, 2.05) is 18.2 Å². The van der Waals surface area contributed by atoms with Crippen molar-refractivity contribution in [3.05, 3.63) is 99.9 Å². The van der Waals surface area contributed by atoms with Gasteiger partial charge in [0, 0.05) is 28.7 Å². The fourth-order valence-corrected chi connectivity index (χ4v) is 7.47. The zero-order chi connectivity index (χ0) is 30.5. The van der Waals surface area contributed by atoms with Crippen LogP contribution in [-0.4, -0.2) is 29.7 Å². The predicted octanol–water partition coefficient (Wildman–Crippen LogP) is 4.67. The van der Waals surface area contributed by atoms with Crippen LogP contribution in [0.1, 0.15) is 51.7 Å². The molecule has 43 heavy (non-hydrogen) atoms. The number of nitrogens with two attached hydrogens (primary N) is 3.